The molecule has 17 heavy (non-hydrogen) atoms. The number of carbonyl (C=O) groups excluding carboxylic acids is 1. The van der Waals surface area contributed by atoms with Crippen LogP contribution < -0.4 is 15.8 Å². The first-order valence-corrected chi connectivity index (χ1v) is 6.25. The summed E-state index contributed by atoms with van der Waals surface area (Å²) in [4.78, 5) is 11.0. The van der Waals surface area contributed by atoms with Gasteiger partial charge in [-0.05, 0) is 34.1 Å². The van der Waals surface area contributed by atoms with Crippen LogP contribution in [-0.4, -0.2) is 25.1 Å². The first-order valence-electron chi connectivity index (χ1n) is 5.46. The van der Waals surface area contributed by atoms with Gasteiger partial charge in [0, 0.05) is 18.2 Å². The monoisotopic (exact) mass is 300 g/mol. The lowest BCUT2D eigenvalue weighted by Gasteiger charge is -2.11. The number of nitrogens with one attached hydrogen (secondary N) is 1. The van der Waals surface area contributed by atoms with E-state index in [0.717, 1.165) is 11.0 Å². The van der Waals surface area contributed by atoms with E-state index in [1.165, 1.54) is 0 Å². The highest BCUT2D eigenvalue weighted by Crippen LogP contribution is 2.25. The number of benzene rings is 1. The summed E-state index contributed by atoms with van der Waals surface area (Å²) in [6.45, 7) is 5.52. The van der Waals surface area contributed by atoms with Crippen molar-refractivity contribution in [3.63, 3.8) is 0 Å². The Morgan fingerprint density at radius 1 is 1.53 bits per heavy atom. The van der Waals surface area contributed by atoms with Crippen molar-refractivity contribution in [3.8, 4) is 5.75 Å². The van der Waals surface area contributed by atoms with E-state index in [4.69, 9.17) is 10.5 Å². The molecule has 0 radical (unpaired) electrons. The molecule has 1 aromatic carbocycles. The molecule has 0 bridgehead atoms. The van der Waals surface area contributed by atoms with Gasteiger partial charge in [0.05, 0.1) is 4.47 Å². The van der Waals surface area contributed by atoms with Gasteiger partial charge in [0.25, 0.3) is 0 Å². The van der Waals surface area contributed by atoms with E-state index in [9.17, 15) is 4.79 Å². The fourth-order valence-corrected chi connectivity index (χ4v) is 1.77. The van der Waals surface area contributed by atoms with Crippen molar-refractivity contribution >= 4 is 21.8 Å². The van der Waals surface area contributed by atoms with Gasteiger partial charge in [-0.2, -0.15) is 0 Å². The number of rotatable bonds is 6. The maximum atomic E-state index is 11.0. The SMILES string of the molecule is CC(C)NCCOc1ccc(C(N)=O)cc1Br. The van der Waals surface area contributed by atoms with E-state index < -0.39 is 5.91 Å². The van der Waals surface area contributed by atoms with Crippen LogP contribution in [0.1, 0.15) is 24.2 Å². The molecular formula is C12H17BrN2O2. The number of ether oxygens (including phenoxy) is 1. The molecule has 1 amide bonds. The predicted octanol–water partition coefficient (Wildman–Crippen LogP) is 1.92. The van der Waals surface area contributed by atoms with Crippen molar-refractivity contribution in [2.24, 2.45) is 5.73 Å². The van der Waals surface area contributed by atoms with Crippen LogP contribution in [0, 0.1) is 0 Å². The second-order valence-corrected chi connectivity index (χ2v) is 4.82. The van der Waals surface area contributed by atoms with Crippen LogP contribution in [0.5, 0.6) is 5.75 Å². The summed E-state index contributed by atoms with van der Waals surface area (Å²) in [5.74, 6) is 0.263. The Bertz CT molecular complexity index is 394. The third kappa shape index (κ3) is 4.75. The van der Waals surface area contributed by atoms with Gasteiger partial charge in [-0.1, -0.05) is 13.8 Å². The highest BCUT2D eigenvalue weighted by atomic mass is 79.9. The fourth-order valence-electron chi connectivity index (χ4n) is 1.28. The van der Waals surface area contributed by atoms with E-state index in [0.29, 0.717) is 24.0 Å². The van der Waals surface area contributed by atoms with E-state index in [-0.39, 0.29) is 0 Å². The number of carbonyl (C=O) groups is 1. The summed E-state index contributed by atoms with van der Waals surface area (Å²) in [5, 5.41) is 3.25. The molecule has 0 aliphatic carbocycles. The number of hydrogen-bond donors (Lipinski definition) is 2. The molecule has 0 fully saturated rings. The zero-order chi connectivity index (χ0) is 12.8. The van der Waals surface area contributed by atoms with E-state index in [2.05, 4.69) is 35.1 Å². The molecule has 0 unspecified atom stereocenters. The van der Waals surface area contributed by atoms with Crippen molar-refractivity contribution in [2.75, 3.05) is 13.2 Å². The Morgan fingerprint density at radius 2 is 2.24 bits per heavy atom. The lowest BCUT2D eigenvalue weighted by Crippen LogP contribution is -2.27. The summed E-state index contributed by atoms with van der Waals surface area (Å²) in [6, 6.07) is 5.49. The molecule has 0 aliphatic heterocycles. The highest BCUT2D eigenvalue weighted by Gasteiger charge is 2.06. The summed E-state index contributed by atoms with van der Waals surface area (Å²) < 4.78 is 6.30. The minimum Gasteiger partial charge on any atom is -0.491 e. The van der Waals surface area contributed by atoms with Crippen molar-refractivity contribution in [3.05, 3.63) is 28.2 Å². The lowest BCUT2D eigenvalue weighted by atomic mass is 10.2. The van der Waals surface area contributed by atoms with Gasteiger partial charge in [-0.15, -0.1) is 0 Å². The lowest BCUT2D eigenvalue weighted by molar-refractivity contribution is 0.1000. The third-order valence-corrected chi connectivity index (χ3v) is 2.75. The average Bonchev–Trinajstić information content (AvgIpc) is 2.25. The second kappa shape index (κ2) is 6.61. The zero-order valence-corrected chi connectivity index (χ0v) is 11.6. The molecule has 0 atom stereocenters. The van der Waals surface area contributed by atoms with Gasteiger partial charge >= 0.3 is 0 Å². The van der Waals surface area contributed by atoms with Crippen molar-refractivity contribution < 1.29 is 9.53 Å². The number of amides is 1. The van der Waals surface area contributed by atoms with Gasteiger partial charge in [0.15, 0.2) is 0 Å². The molecule has 0 saturated carbocycles. The van der Waals surface area contributed by atoms with Gasteiger partial charge in [0.1, 0.15) is 12.4 Å². The number of primary amides is 1. The minimum atomic E-state index is -0.446. The van der Waals surface area contributed by atoms with Gasteiger partial charge in [-0.3, -0.25) is 4.79 Å². The van der Waals surface area contributed by atoms with E-state index >= 15 is 0 Å². The Labute approximate surface area is 110 Å². The van der Waals surface area contributed by atoms with Gasteiger partial charge in [-0.25, -0.2) is 0 Å². The molecule has 0 aliphatic rings. The highest BCUT2D eigenvalue weighted by molar-refractivity contribution is 9.10. The largest absolute Gasteiger partial charge is 0.491 e. The van der Waals surface area contributed by atoms with Crippen LogP contribution in [0.25, 0.3) is 0 Å². The smallest absolute Gasteiger partial charge is 0.248 e. The summed E-state index contributed by atoms with van der Waals surface area (Å²) in [6.07, 6.45) is 0. The van der Waals surface area contributed by atoms with Crippen molar-refractivity contribution in [1.82, 2.24) is 5.32 Å². The molecule has 1 rings (SSSR count). The van der Waals surface area contributed by atoms with Gasteiger partial charge in [0.2, 0.25) is 5.91 Å². The normalized spacial score (nSPS) is 10.6. The molecule has 4 nitrogen and oxygen atoms in total. The molecule has 3 N–H and O–H groups in total. The topological polar surface area (TPSA) is 64.3 Å². The molecular weight excluding hydrogens is 284 g/mol. The zero-order valence-electron chi connectivity index (χ0n) is 10.00. The molecule has 0 aromatic heterocycles. The van der Waals surface area contributed by atoms with Crippen LogP contribution in [0.15, 0.2) is 22.7 Å². The molecule has 0 saturated heterocycles. The first kappa shape index (κ1) is 14.0. The molecule has 94 valence electrons. The van der Waals surface area contributed by atoms with Crippen LogP contribution in [0.4, 0.5) is 0 Å². The third-order valence-electron chi connectivity index (χ3n) is 2.13. The quantitative estimate of drug-likeness (QED) is 0.789. The average molecular weight is 301 g/mol. The maximum Gasteiger partial charge on any atom is 0.248 e. The summed E-state index contributed by atoms with van der Waals surface area (Å²) >= 11 is 3.34. The number of nitrogens with two attached hydrogens (primary N) is 1. The molecule has 0 heterocycles. The Balaban J connectivity index is 2.52. The predicted molar refractivity (Wildman–Crippen MR) is 71.3 cm³/mol. The van der Waals surface area contributed by atoms with Crippen LogP contribution in [0.3, 0.4) is 0 Å². The Kier molecular flexibility index (Phi) is 5.44. The van der Waals surface area contributed by atoms with Crippen LogP contribution in [-0.2, 0) is 0 Å². The number of halogens is 1. The summed E-state index contributed by atoms with van der Waals surface area (Å²) in [5.41, 5.74) is 5.64. The van der Waals surface area contributed by atoms with Crippen LogP contribution in [0.2, 0.25) is 0 Å². The number of hydrogen-bond acceptors (Lipinski definition) is 3. The molecule has 5 heteroatoms. The molecule has 0 spiro atoms. The van der Waals surface area contributed by atoms with Crippen molar-refractivity contribution in [1.29, 1.82) is 0 Å². The minimum absolute atomic E-state index is 0.444. The van der Waals surface area contributed by atoms with E-state index in [1.54, 1.807) is 18.2 Å². The van der Waals surface area contributed by atoms with Crippen molar-refractivity contribution in [2.45, 2.75) is 19.9 Å². The Hall–Kier alpha value is -1.07. The summed E-state index contributed by atoms with van der Waals surface area (Å²) in [7, 11) is 0. The second-order valence-electron chi connectivity index (χ2n) is 3.97. The van der Waals surface area contributed by atoms with Crippen LogP contribution >= 0.6 is 15.9 Å². The molecule has 1 aromatic rings. The fraction of sp³-hybridized carbons (Fsp3) is 0.417. The van der Waals surface area contributed by atoms with Gasteiger partial charge < -0.3 is 15.8 Å². The first-order chi connectivity index (χ1) is 8.00. The van der Waals surface area contributed by atoms with E-state index in [1.807, 2.05) is 0 Å². The standard InChI is InChI=1S/C12H17BrN2O2/c1-8(2)15-5-6-17-11-4-3-9(12(14)16)7-10(11)13/h3-4,7-8,15H,5-6H2,1-2H3,(H2,14,16). The Morgan fingerprint density at radius 3 is 2.76 bits per heavy atom. The maximum absolute atomic E-state index is 11.0.